The molecule has 0 spiro atoms. The molecule has 7 nitrogen and oxygen atoms in total. The fraction of sp³-hybridized carbons (Fsp3) is 0.583. The van der Waals surface area contributed by atoms with Gasteiger partial charge in [0.05, 0.1) is 4.75 Å². The lowest BCUT2D eigenvalue weighted by Crippen LogP contribution is -2.51. The van der Waals surface area contributed by atoms with E-state index in [0.717, 1.165) is 44.3 Å². The molecule has 1 aromatic rings. The molecule has 0 aliphatic rings. The van der Waals surface area contributed by atoms with Crippen molar-refractivity contribution in [2.45, 2.75) is 128 Å². The molecule has 1 atom stereocenters. The van der Waals surface area contributed by atoms with E-state index >= 15 is 0 Å². The lowest BCUT2D eigenvalue weighted by atomic mass is 10.00. The number of carboxylic acid groups (broad SMARTS) is 1. The summed E-state index contributed by atoms with van der Waals surface area (Å²) < 4.78 is -0.602. The first-order valence-corrected chi connectivity index (χ1v) is 17.5. The molecule has 44 heavy (non-hydrogen) atoms. The number of thioether (sulfide) groups is 1. The number of benzene rings is 1. The quantitative estimate of drug-likeness (QED) is 0.0515. The summed E-state index contributed by atoms with van der Waals surface area (Å²) in [5.74, 6) is -1.30. The number of carboxylic acids is 1. The number of unbranched alkanes of at least 4 members (excludes halogenated alkanes) is 6. The molecular formula is C36H56N2O5S. The number of carbonyl (C=O) groups excluding carboxylic acids is 2. The Balaban J connectivity index is 2.45. The smallest absolute Gasteiger partial charge is 0.339 e. The van der Waals surface area contributed by atoms with E-state index in [1.807, 2.05) is 20.8 Å². The van der Waals surface area contributed by atoms with Gasteiger partial charge in [-0.05, 0) is 81.7 Å². The van der Waals surface area contributed by atoms with Crippen LogP contribution in [0.3, 0.4) is 0 Å². The predicted octanol–water partition coefficient (Wildman–Crippen LogP) is 9.20. The van der Waals surface area contributed by atoms with Crippen LogP contribution in [0.25, 0.3) is 0 Å². The van der Waals surface area contributed by atoms with E-state index in [0.29, 0.717) is 25.7 Å². The highest BCUT2D eigenvalue weighted by molar-refractivity contribution is 8.01. The Morgan fingerprint density at radius 2 is 1.48 bits per heavy atom. The number of amides is 2. The van der Waals surface area contributed by atoms with Crippen molar-refractivity contribution in [2.24, 2.45) is 0 Å². The highest BCUT2D eigenvalue weighted by atomic mass is 32.2. The van der Waals surface area contributed by atoms with E-state index in [-0.39, 0.29) is 22.9 Å². The molecule has 0 bridgehead atoms. The van der Waals surface area contributed by atoms with Gasteiger partial charge in [-0.25, -0.2) is 4.79 Å². The zero-order chi connectivity index (χ0) is 32.6. The van der Waals surface area contributed by atoms with Gasteiger partial charge >= 0.3 is 5.97 Å². The summed E-state index contributed by atoms with van der Waals surface area (Å²) in [6, 6.07) is 3.14. The molecule has 4 N–H and O–H groups in total. The molecule has 0 saturated heterocycles. The third-order valence-corrected chi connectivity index (χ3v) is 9.48. The van der Waals surface area contributed by atoms with Crippen LogP contribution in [0.15, 0.2) is 54.7 Å². The minimum absolute atomic E-state index is 0.130. The standard InChI is InChI=1S/C36H56N2O5S/c1-5-9-10-11-12-13-14-15-16-17-18-19-20-21-22-23-27-44-36(7-3,8-4)35(43)38-31(24-6-2)33(40)37-29-25-26-32(39)30(28-29)34(41)42/h9-10,12-13,15-16,25-26,28,31,39H,5-8,11,14,17-24,27H2,1-4H3,(H,37,40)(H,38,43)(H,41,42)/b10-9-,13-12-,16-15-. The predicted molar refractivity (Wildman–Crippen MR) is 186 cm³/mol. The molecule has 2 amide bonds. The average molecular weight is 629 g/mol. The van der Waals surface area contributed by atoms with Crippen LogP contribution in [-0.4, -0.2) is 44.5 Å². The Labute approximate surface area is 270 Å². The number of allylic oxidation sites excluding steroid dienone is 6. The van der Waals surface area contributed by atoms with Gasteiger partial charge in [0.1, 0.15) is 17.4 Å². The summed E-state index contributed by atoms with van der Waals surface area (Å²) in [5.41, 5.74) is -0.0451. The van der Waals surface area contributed by atoms with E-state index < -0.39 is 22.7 Å². The normalized spacial score (nSPS) is 12.7. The largest absolute Gasteiger partial charge is 0.507 e. The van der Waals surface area contributed by atoms with Crippen molar-refractivity contribution >= 4 is 35.2 Å². The first-order valence-electron chi connectivity index (χ1n) is 16.5. The van der Waals surface area contributed by atoms with Crippen molar-refractivity contribution in [2.75, 3.05) is 11.1 Å². The Bertz CT molecular complexity index is 1080. The van der Waals surface area contributed by atoms with E-state index in [1.54, 1.807) is 11.8 Å². The Morgan fingerprint density at radius 3 is 2.09 bits per heavy atom. The SMILES string of the molecule is CC/C=C\C/C=C\C/C=C\CCCCCCCCSC(CC)(CC)C(=O)NC(CCC)C(=O)Nc1ccc(O)c(C(=O)O)c1. The van der Waals surface area contributed by atoms with Crippen LogP contribution in [0.2, 0.25) is 0 Å². The maximum Gasteiger partial charge on any atom is 0.339 e. The molecule has 0 radical (unpaired) electrons. The molecule has 1 aromatic carbocycles. The fourth-order valence-corrected chi connectivity index (χ4v) is 6.21. The van der Waals surface area contributed by atoms with Crippen LogP contribution in [0.5, 0.6) is 5.75 Å². The van der Waals surface area contributed by atoms with Crippen molar-refractivity contribution in [3.8, 4) is 5.75 Å². The molecule has 0 saturated carbocycles. The summed E-state index contributed by atoms with van der Waals surface area (Å²) in [4.78, 5) is 38.0. The van der Waals surface area contributed by atoms with Gasteiger partial charge in [0.2, 0.25) is 11.8 Å². The summed E-state index contributed by atoms with van der Waals surface area (Å²) in [5, 5.41) is 24.7. The molecule has 0 aliphatic carbocycles. The average Bonchev–Trinajstić information content (AvgIpc) is 3.01. The molecule has 1 rings (SSSR count). The zero-order valence-corrected chi connectivity index (χ0v) is 28.2. The highest BCUT2D eigenvalue weighted by Crippen LogP contribution is 2.34. The first-order chi connectivity index (χ1) is 21.2. The van der Waals surface area contributed by atoms with Gasteiger partial charge in [0.15, 0.2) is 0 Å². The Kier molecular flexibility index (Phi) is 20.7. The fourth-order valence-electron chi connectivity index (χ4n) is 4.87. The summed E-state index contributed by atoms with van der Waals surface area (Å²) in [6.45, 7) is 8.13. The van der Waals surface area contributed by atoms with Crippen LogP contribution in [0.4, 0.5) is 5.69 Å². The molecular weight excluding hydrogens is 572 g/mol. The van der Waals surface area contributed by atoms with Crippen molar-refractivity contribution in [1.29, 1.82) is 0 Å². The van der Waals surface area contributed by atoms with Gasteiger partial charge in [0.25, 0.3) is 0 Å². The van der Waals surface area contributed by atoms with E-state index in [4.69, 9.17) is 0 Å². The van der Waals surface area contributed by atoms with Gasteiger partial charge in [-0.3, -0.25) is 9.59 Å². The molecule has 0 aromatic heterocycles. The molecule has 0 fully saturated rings. The number of nitrogens with one attached hydrogen (secondary N) is 2. The molecule has 0 aliphatic heterocycles. The lowest BCUT2D eigenvalue weighted by Gasteiger charge is -2.32. The van der Waals surface area contributed by atoms with E-state index in [2.05, 4.69) is 54.0 Å². The first kappa shape index (κ1) is 39.0. The van der Waals surface area contributed by atoms with Crippen LogP contribution >= 0.6 is 11.8 Å². The van der Waals surface area contributed by atoms with Crippen molar-refractivity contribution in [1.82, 2.24) is 5.32 Å². The van der Waals surface area contributed by atoms with Crippen molar-refractivity contribution < 1.29 is 24.6 Å². The number of hydrogen-bond donors (Lipinski definition) is 4. The second kappa shape index (κ2) is 23.4. The van der Waals surface area contributed by atoms with Crippen LogP contribution in [0, 0.1) is 0 Å². The van der Waals surface area contributed by atoms with Gasteiger partial charge in [-0.1, -0.05) is 96.3 Å². The number of hydrogen-bond acceptors (Lipinski definition) is 5. The molecule has 1 unspecified atom stereocenters. The number of anilines is 1. The number of aromatic hydroxyl groups is 1. The molecule has 246 valence electrons. The van der Waals surface area contributed by atoms with Gasteiger partial charge in [0, 0.05) is 5.69 Å². The van der Waals surface area contributed by atoms with E-state index in [1.165, 1.54) is 43.9 Å². The van der Waals surface area contributed by atoms with Crippen LogP contribution < -0.4 is 10.6 Å². The van der Waals surface area contributed by atoms with E-state index in [9.17, 15) is 24.6 Å². The maximum atomic E-state index is 13.5. The van der Waals surface area contributed by atoms with Crippen LogP contribution in [0.1, 0.15) is 128 Å². The Morgan fingerprint density at radius 1 is 0.864 bits per heavy atom. The van der Waals surface area contributed by atoms with Crippen molar-refractivity contribution in [3.05, 3.63) is 60.2 Å². The van der Waals surface area contributed by atoms with Crippen molar-refractivity contribution in [3.63, 3.8) is 0 Å². The lowest BCUT2D eigenvalue weighted by molar-refractivity contribution is -0.128. The highest BCUT2D eigenvalue weighted by Gasteiger charge is 2.37. The van der Waals surface area contributed by atoms with Crippen LogP contribution in [-0.2, 0) is 9.59 Å². The monoisotopic (exact) mass is 628 g/mol. The summed E-state index contributed by atoms with van der Waals surface area (Å²) >= 11 is 1.69. The van der Waals surface area contributed by atoms with Gasteiger partial charge < -0.3 is 20.8 Å². The number of carbonyl (C=O) groups is 3. The summed E-state index contributed by atoms with van der Waals surface area (Å²) in [6.07, 6.45) is 27.3. The third-order valence-electron chi connectivity index (χ3n) is 7.67. The van der Waals surface area contributed by atoms with Gasteiger partial charge in [-0.2, -0.15) is 0 Å². The zero-order valence-electron chi connectivity index (χ0n) is 27.4. The minimum atomic E-state index is -1.29. The summed E-state index contributed by atoms with van der Waals surface area (Å²) in [7, 11) is 0. The number of aromatic carboxylic acids is 1. The molecule has 0 heterocycles. The third kappa shape index (κ3) is 15.1. The number of phenols is 1. The maximum absolute atomic E-state index is 13.5. The second-order valence-electron chi connectivity index (χ2n) is 11.1. The topological polar surface area (TPSA) is 116 Å². The minimum Gasteiger partial charge on any atom is -0.507 e. The van der Waals surface area contributed by atoms with Gasteiger partial charge in [-0.15, -0.1) is 11.8 Å². The molecule has 8 heteroatoms. The number of rotatable bonds is 24. The second-order valence-corrected chi connectivity index (χ2v) is 12.6. The Hall–Kier alpha value is -3.00.